The van der Waals surface area contributed by atoms with E-state index < -0.39 is 17.8 Å². The summed E-state index contributed by atoms with van der Waals surface area (Å²) in [7, 11) is 0. The fraction of sp³-hybridized carbons (Fsp3) is 0.500. The molecule has 8 nitrogen and oxygen atoms in total. The fourth-order valence-corrected chi connectivity index (χ4v) is 2.34. The zero-order valence-electron chi connectivity index (χ0n) is 11.9. The number of ether oxygens (including phenoxy) is 1. The molecular weight excluding hydrogens is 292 g/mol. The van der Waals surface area contributed by atoms with Crippen molar-refractivity contribution in [3.63, 3.8) is 0 Å². The van der Waals surface area contributed by atoms with E-state index in [4.69, 9.17) is 14.0 Å². The van der Waals surface area contributed by atoms with Gasteiger partial charge in [-0.3, -0.25) is 14.5 Å². The van der Waals surface area contributed by atoms with Crippen LogP contribution in [0.4, 0.5) is 0 Å². The zero-order chi connectivity index (χ0) is 15.5. The van der Waals surface area contributed by atoms with Crippen molar-refractivity contribution in [2.24, 2.45) is 0 Å². The molecule has 0 atom stereocenters. The molecule has 0 bridgehead atoms. The van der Waals surface area contributed by atoms with E-state index in [1.807, 2.05) is 0 Å². The quantitative estimate of drug-likeness (QED) is 0.741. The number of nitrogens with zero attached hydrogens (tertiary/aromatic N) is 2. The van der Waals surface area contributed by atoms with Gasteiger partial charge in [-0.15, -0.1) is 5.06 Å². The molecule has 2 fully saturated rings. The lowest BCUT2D eigenvalue weighted by Gasteiger charge is -2.25. The van der Waals surface area contributed by atoms with Crippen molar-refractivity contribution >= 4 is 17.8 Å². The van der Waals surface area contributed by atoms with Crippen molar-refractivity contribution in [1.29, 1.82) is 0 Å². The van der Waals surface area contributed by atoms with Crippen LogP contribution in [0, 0.1) is 0 Å². The number of hydrogen-bond donors (Lipinski definition) is 0. The molecule has 0 spiro atoms. The Morgan fingerprint density at radius 1 is 1.14 bits per heavy atom. The molecule has 0 unspecified atom stereocenters. The first-order valence-corrected chi connectivity index (χ1v) is 7.10. The minimum absolute atomic E-state index is 0.0317. The summed E-state index contributed by atoms with van der Waals surface area (Å²) in [6, 6.07) is 3.16. The Labute approximate surface area is 126 Å². The summed E-state index contributed by atoms with van der Waals surface area (Å²) < 4.78 is 10.7. The van der Waals surface area contributed by atoms with Crippen LogP contribution in [0.3, 0.4) is 0 Å². The Kier molecular flexibility index (Phi) is 4.21. The Hall–Kier alpha value is -2.19. The molecular formula is C14H16N2O6. The summed E-state index contributed by atoms with van der Waals surface area (Å²) in [5.74, 6) is -1.29. The maximum atomic E-state index is 11.9. The highest BCUT2D eigenvalue weighted by molar-refractivity contribution is 6.02. The van der Waals surface area contributed by atoms with E-state index in [2.05, 4.69) is 4.90 Å². The molecule has 0 aromatic carbocycles. The number of carbonyl (C=O) groups is 3. The Morgan fingerprint density at radius 3 is 2.50 bits per heavy atom. The molecule has 0 N–H and O–H groups in total. The number of amides is 2. The largest absolute Gasteiger partial charge is 0.453 e. The molecule has 3 heterocycles. The molecule has 1 aromatic rings. The van der Waals surface area contributed by atoms with Crippen LogP contribution in [0.2, 0.25) is 0 Å². The lowest BCUT2D eigenvalue weighted by molar-refractivity contribution is -0.173. The monoisotopic (exact) mass is 308 g/mol. The molecule has 0 saturated carbocycles. The van der Waals surface area contributed by atoms with Crippen LogP contribution in [0.15, 0.2) is 16.5 Å². The van der Waals surface area contributed by atoms with Gasteiger partial charge in [-0.2, -0.15) is 0 Å². The number of rotatable bonds is 4. The van der Waals surface area contributed by atoms with Crippen LogP contribution in [0.25, 0.3) is 0 Å². The summed E-state index contributed by atoms with van der Waals surface area (Å²) in [5.41, 5.74) is 0. The number of morpholine rings is 1. The summed E-state index contributed by atoms with van der Waals surface area (Å²) in [5, 5.41) is 0.506. The standard InChI is InChI=1S/C14H16N2O6/c17-12-3-4-13(18)16(12)22-14(19)11-2-1-10(21-11)9-15-5-7-20-8-6-15/h1-2H,3-9H2. The molecule has 3 rings (SSSR count). The van der Waals surface area contributed by atoms with Gasteiger partial charge in [0, 0.05) is 25.9 Å². The predicted molar refractivity (Wildman–Crippen MR) is 71.3 cm³/mol. The Balaban J connectivity index is 1.59. The third-order valence-corrected chi connectivity index (χ3v) is 3.53. The highest BCUT2D eigenvalue weighted by Gasteiger charge is 2.33. The second-order valence-corrected chi connectivity index (χ2v) is 5.12. The maximum absolute atomic E-state index is 11.9. The van der Waals surface area contributed by atoms with E-state index in [9.17, 15) is 14.4 Å². The average molecular weight is 308 g/mol. The third-order valence-electron chi connectivity index (χ3n) is 3.53. The van der Waals surface area contributed by atoms with Crippen molar-refractivity contribution in [1.82, 2.24) is 9.96 Å². The van der Waals surface area contributed by atoms with E-state index in [0.717, 1.165) is 13.1 Å². The zero-order valence-corrected chi connectivity index (χ0v) is 11.9. The number of hydroxylamine groups is 2. The van der Waals surface area contributed by atoms with Gasteiger partial charge in [-0.05, 0) is 12.1 Å². The second-order valence-electron chi connectivity index (χ2n) is 5.12. The first kappa shape index (κ1) is 14.7. The highest BCUT2D eigenvalue weighted by Crippen LogP contribution is 2.16. The van der Waals surface area contributed by atoms with E-state index in [1.54, 1.807) is 6.07 Å². The second kappa shape index (κ2) is 6.29. The van der Waals surface area contributed by atoms with E-state index in [1.165, 1.54) is 6.07 Å². The van der Waals surface area contributed by atoms with Gasteiger partial charge >= 0.3 is 5.97 Å². The van der Waals surface area contributed by atoms with E-state index in [-0.39, 0.29) is 18.6 Å². The summed E-state index contributed by atoms with van der Waals surface area (Å²) in [4.78, 5) is 41.6. The Morgan fingerprint density at radius 2 is 1.82 bits per heavy atom. The van der Waals surface area contributed by atoms with Gasteiger partial charge in [-0.1, -0.05) is 0 Å². The maximum Gasteiger partial charge on any atom is 0.398 e. The van der Waals surface area contributed by atoms with Crippen LogP contribution in [0.5, 0.6) is 0 Å². The van der Waals surface area contributed by atoms with E-state index >= 15 is 0 Å². The fourth-order valence-electron chi connectivity index (χ4n) is 2.34. The number of imide groups is 1. The van der Waals surface area contributed by atoms with Crippen LogP contribution in [-0.2, 0) is 25.7 Å². The minimum atomic E-state index is -0.850. The van der Waals surface area contributed by atoms with Crippen molar-refractivity contribution < 1.29 is 28.4 Å². The molecule has 0 aliphatic carbocycles. The van der Waals surface area contributed by atoms with Gasteiger partial charge < -0.3 is 14.0 Å². The number of carbonyl (C=O) groups excluding carboxylic acids is 3. The molecule has 22 heavy (non-hydrogen) atoms. The number of hydrogen-bond acceptors (Lipinski definition) is 7. The number of furan rings is 1. The van der Waals surface area contributed by atoms with Crippen molar-refractivity contribution in [3.05, 3.63) is 23.7 Å². The van der Waals surface area contributed by atoms with Crippen LogP contribution >= 0.6 is 0 Å². The lowest BCUT2D eigenvalue weighted by Crippen LogP contribution is -2.35. The molecule has 2 aliphatic heterocycles. The SMILES string of the molecule is O=C(ON1C(=O)CCC1=O)c1ccc(CN2CCOCC2)o1. The van der Waals surface area contributed by atoms with Gasteiger partial charge in [0.05, 0.1) is 19.8 Å². The predicted octanol–water partition coefficient (Wildman–Crippen LogP) is 0.333. The normalized spacial score (nSPS) is 19.7. The minimum Gasteiger partial charge on any atom is -0.453 e. The van der Waals surface area contributed by atoms with Crippen LogP contribution in [-0.4, -0.2) is 54.1 Å². The van der Waals surface area contributed by atoms with Crippen molar-refractivity contribution in [3.8, 4) is 0 Å². The van der Waals surface area contributed by atoms with Crippen LogP contribution < -0.4 is 0 Å². The molecule has 8 heteroatoms. The van der Waals surface area contributed by atoms with Crippen molar-refractivity contribution in [2.75, 3.05) is 26.3 Å². The third kappa shape index (κ3) is 3.18. The van der Waals surface area contributed by atoms with Gasteiger partial charge in [0.15, 0.2) is 0 Å². The Bertz CT molecular complexity index is 574. The lowest BCUT2D eigenvalue weighted by atomic mass is 10.3. The summed E-state index contributed by atoms with van der Waals surface area (Å²) >= 11 is 0. The van der Waals surface area contributed by atoms with Gasteiger partial charge in [0.2, 0.25) is 5.76 Å². The summed E-state index contributed by atoms with van der Waals surface area (Å²) in [6.45, 7) is 3.52. The van der Waals surface area contributed by atoms with E-state index in [0.29, 0.717) is 30.6 Å². The van der Waals surface area contributed by atoms with Gasteiger partial charge in [0.25, 0.3) is 11.8 Å². The topological polar surface area (TPSA) is 89.3 Å². The molecule has 2 aliphatic rings. The molecule has 2 amide bonds. The molecule has 118 valence electrons. The first-order chi connectivity index (χ1) is 10.6. The first-order valence-electron chi connectivity index (χ1n) is 7.10. The molecule has 1 aromatic heterocycles. The highest BCUT2D eigenvalue weighted by atomic mass is 16.7. The molecule has 2 saturated heterocycles. The van der Waals surface area contributed by atoms with Crippen molar-refractivity contribution in [2.45, 2.75) is 19.4 Å². The summed E-state index contributed by atoms with van der Waals surface area (Å²) in [6.07, 6.45) is 0.124. The van der Waals surface area contributed by atoms with Crippen LogP contribution in [0.1, 0.15) is 29.2 Å². The molecule has 0 radical (unpaired) electrons. The van der Waals surface area contributed by atoms with Gasteiger partial charge in [-0.25, -0.2) is 4.79 Å². The smallest absolute Gasteiger partial charge is 0.398 e. The van der Waals surface area contributed by atoms with Gasteiger partial charge in [0.1, 0.15) is 5.76 Å². The average Bonchev–Trinajstić information content (AvgIpc) is 3.10.